The normalized spacial score (nSPS) is 11.0. The minimum absolute atomic E-state index is 0.0244. The highest BCUT2D eigenvalue weighted by Crippen LogP contribution is 2.31. The molecule has 0 fully saturated rings. The average Bonchev–Trinajstić information content (AvgIpc) is 2.83. The summed E-state index contributed by atoms with van der Waals surface area (Å²) >= 11 is 12.2. The average molecular weight is 495 g/mol. The van der Waals surface area contributed by atoms with Crippen LogP contribution in [0.5, 0.6) is 11.5 Å². The number of halogens is 2. The zero-order valence-corrected chi connectivity index (χ0v) is 20.4. The largest absolute Gasteiger partial charge is 0.490 e. The Morgan fingerprint density at radius 3 is 2.41 bits per heavy atom. The summed E-state index contributed by atoms with van der Waals surface area (Å²) in [6.07, 6.45) is 2.42. The summed E-state index contributed by atoms with van der Waals surface area (Å²) in [4.78, 5) is 12.6. The lowest BCUT2D eigenvalue weighted by atomic mass is 10.1. The molecule has 0 aliphatic carbocycles. The van der Waals surface area contributed by atoms with Crippen molar-refractivity contribution >= 4 is 40.9 Å². The van der Waals surface area contributed by atoms with E-state index >= 15 is 0 Å². The number of hydrogen-bond acceptors (Lipinski definition) is 4. The van der Waals surface area contributed by atoms with E-state index in [9.17, 15) is 10.1 Å². The lowest BCUT2D eigenvalue weighted by Crippen LogP contribution is -2.13. The Bertz CT molecular complexity index is 1230. The molecule has 0 bridgehead atoms. The van der Waals surface area contributed by atoms with Crippen LogP contribution in [-0.4, -0.2) is 12.5 Å². The van der Waals surface area contributed by atoms with E-state index < -0.39 is 5.91 Å². The van der Waals surface area contributed by atoms with Crippen molar-refractivity contribution in [3.63, 3.8) is 0 Å². The van der Waals surface area contributed by atoms with E-state index in [-0.39, 0.29) is 12.2 Å². The molecule has 3 aromatic rings. The van der Waals surface area contributed by atoms with Crippen molar-refractivity contribution in [2.24, 2.45) is 0 Å². The van der Waals surface area contributed by atoms with Crippen LogP contribution in [0.15, 0.2) is 66.2 Å². The summed E-state index contributed by atoms with van der Waals surface area (Å²) < 4.78 is 11.6. The number of nitriles is 1. The van der Waals surface area contributed by atoms with Crippen LogP contribution in [0.2, 0.25) is 10.0 Å². The molecule has 3 aromatic carbocycles. The minimum atomic E-state index is -0.484. The van der Waals surface area contributed by atoms with Crippen LogP contribution in [0.1, 0.15) is 30.5 Å². The van der Waals surface area contributed by atoms with Crippen molar-refractivity contribution in [3.8, 4) is 17.6 Å². The van der Waals surface area contributed by atoms with Gasteiger partial charge in [-0.1, -0.05) is 54.4 Å². The summed E-state index contributed by atoms with van der Waals surface area (Å²) in [5.41, 5.74) is 3.19. The summed E-state index contributed by atoms with van der Waals surface area (Å²) in [7, 11) is 0. The maximum atomic E-state index is 12.6. The highest BCUT2D eigenvalue weighted by Gasteiger charge is 2.12. The number of anilines is 1. The van der Waals surface area contributed by atoms with Gasteiger partial charge in [-0.05, 0) is 66.9 Å². The molecule has 0 saturated heterocycles. The van der Waals surface area contributed by atoms with Crippen LogP contribution in [-0.2, 0) is 17.8 Å². The second kappa shape index (κ2) is 12.1. The topological polar surface area (TPSA) is 71.3 Å². The molecule has 0 aliphatic heterocycles. The van der Waals surface area contributed by atoms with Crippen LogP contribution in [0.25, 0.3) is 6.08 Å². The number of aryl methyl sites for hydroxylation is 1. The molecule has 5 nitrogen and oxygen atoms in total. The minimum Gasteiger partial charge on any atom is -0.490 e. The fourth-order valence-electron chi connectivity index (χ4n) is 3.13. The molecule has 0 unspecified atom stereocenters. The van der Waals surface area contributed by atoms with E-state index in [1.54, 1.807) is 36.4 Å². The van der Waals surface area contributed by atoms with E-state index in [0.29, 0.717) is 39.4 Å². The number of rotatable bonds is 9. The first-order chi connectivity index (χ1) is 16.4. The van der Waals surface area contributed by atoms with Gasteiger partial charge in [0, 0.05) is 21.3 Å². The lowest BCUT2D eigenvalue weighted by molar-refractivity contribution is -0.112. The quantitative estimate of drug-likeness (QED) is 0.254. The van der Waals surface area contributed by atoms with E-state index in [1.807, 2.05) is 37.3 Å². The van der Waals surface area contributed by atoms with Crippen molar-refractivity contribution in [2.75, 3.05) is 11.9 Å². The molecule has 0 saturated carbocycles. The van der Waals surface area contributed by atoms with Gasteiger partial charge < -0.3 is 14.8 Å². The molecule has 0 radical (unpaired) electrons. The molecule has 34 heavy (non-hydrogen) atoms. The van der Waals surface area contributed by atoms with Gasteiger partial charge >= 0.3 is 0 Å². The van der Waals surface area contributed by atoms with Crippen LogP contribution in [0.3, 0.4) is 0 Å². The van der Waals surface area contributed by atoms with Crippen molar-refractivity contribution in [1.29, 1.82) is 5.26 Å². The van der Waals surface area contributed by atoms with E-state index in [1.165, 1.54) is 6.08 Å². The van der Waals surface area contributed by atoms with Gasteiger partial charge in [-0.25, -0.2) is 0 Å². The zero-order chi connectivity index (χ0) is 24.5. The highest BCUT2D eigenvalue weighted by atomic mass is 35.5. The summed E-state index contributed by atoms with van der Waals surface area (Å²) in [6, 6.07) is 19.9. The number of amides is 1. The van der Waals surface area contributed by atoms with Gasteiger partial charge in [0.15, 0.2) is 11.5 Å². The number of nitrogens with zero attached hydrogens (tertiary/aromatic N) is 1. The molecule has 0 aliphatic rings. The Morgan fingerprint density at radius 2 is 1.76 bits per heavy atom. The molecule has 3 rings (SSSR count). The molecule has 0 aromatic heterocycles. The van der Waals surface area contributed by atoms with Crippen molar-refractivity contribution in [1.82, 2.24) is 0 Å². The van der Waals surface area contributed by atoms with E-state index in [0.717, 1.165) is 17.5 Å². The first kappa shape index (κ1) is 25.2. The van der Waals surface area contributed by atoms with Gasteiger partial charge in [-0.15, -0.1) is 0 Å². The second-order valence-electron chi connectivity index (χ2n) is 7.34. The van der Waals surface area contributed by atoms with Crippen molar-refractivity contribution in [2.45, 2.75) is 26.9 Å². The lowest BCUT2D eigenvalue weighted by Gasteiger charge is -2.13. The van der Waals surface area contributed by atoms with Gasteiger partial charge in [0.1, 0.15) is 18.2 Å². The monoisotopic (exact) mass is 494 g/mol. The molecule has 0 heterocycles. The Kier molecular flexibility index (Phi) is 8.98. The van der Waals surface area contributed by atoms with Crippen LogP contribution in [0.4, 0.5) is 5.69 Å². The predicted molar refractivity (Wildman–Crippen MR) is 136 cm³/mol. The van der Waals surface area contributed by atoms with Crippen LogP contribution >= 0.6 is 23.2 Å². The summed E-state index contributed by atoms with van der Waals surface area (Å²) in [6.45, 7) is 4.57. The SMILES string of the molecule is CCOc1cc(/C=C(/C#N)C(=O)Nc2ccc(CC)cc2)ccc1OCc1ccc(Cl)cc1Cl. The molecular weight excluding hydrogens is 471 g/mol. The van der Waals surface area contributed by atoms with Crippen LogP contribution in [0, 0.1) is 11.3 Å². The Hall–Kier alpha value is -3.46. The molecule has 7 heteroatoms. The first-order valence-corrected chi connectivity index (χ1v) is 11.5. The zero-order valence-electron chi connectivity index (χ0n) is 18.9. The molecule has 1 amide bonds. The first-order valence-electron chi connectivity index (χ1n) is 10.8. The number of nitrogens with one attached hydrogen (secondary N) is 1. The summed E-state index contributed by atoms with van der Waals surface area (Å²) in [5, 5.41) is 13.4. The maximum Gasteiger partial charge on any atom is 0.266 e. The second-order valence-corrected chi connectivity index (χ2v) is 8.18. The third-order valence-electron chi connectivity index (χ3n) is 4.96. The number of ether oxygens (including phenoxy) is 2. The standard InChI is InChI=1S/C27H24Cl2N2O3/c1-3-18-5-10-23(11-6-18)31-27(32)21(16-30)13-19-7-12-25(26(14-19)33-4-2)34-17-20-8-9-22(28)15-24(20)29/h5-15H,3-4,17H2,1-2H3,(H,31,32)/b21-13-. The smallest absolute Gasteiger partial charge is 0.266 e. The molecular formula is C27H24Cl2N2O3. The molecule has 174 valence electrons. The third kappa shape index (κ3) is 6.77. The number of hydrogen-bond donors (Lipinski definition) is 1. The van der Waals surface area contributed by atoms with Crippen molar-refractivity contribution in [3.05, 3.63) is 93.0 Å². The van der Waals surface area contributed by atoms with Crippen LogP contribution < -0.4 is 14.8 Å². The molecule has 0 spiro atoms. The number of carbonyl (C=O) groups excluding carboxylic acids is 1. The maximum absolute atomic E-state index is 12.6. The Morgan fingerprint density at radius 1 is 1.00 bits per heavy atom. The molecule has 0 atom stereocenters. The number of benzene rings is 3. The van der Waals surface area contributed by atoms with Gasteiger partial charge in [-0.2, -0.15) is 5.26 Å². The van der Waals surface area contributed by atoms with E-state index in [4.69, 9.17) is 32.7 Å². The van der Waals surface area contributed by atoms with E-state index in [2.05, 4.69) is 12.2 Å². The van der Waals surface area contributed by atoms with Gasteiger partial charge in [0.05, 0.1) is 6.61 Å². The predicted octanol–water partition coefficient (Wildman–Crippen LogP) is 7.08. The summed E-state index contributed by atoms with van der Waals surface area (Å²) in [5.74, 6) is 0.528. The highest BCUT2D eigenvalue weighted by molar-refractivity contribution is 6.35. The third-order valence-corrected chi connectivity index (χ3v) is 5.55. The Labute approximate surface area is 209 Å². The fourth-order valence-corrected chi connectivity index (χ4v) is 3.60. The fraction of sp³-hybridized carbons (Fsp3) is 0.185. The molecule has 1 N–H and O–H groups in total. The van der Waals surface area contributed by atoms with Crippen molar-refractivity contribution < 1.29 is 14.3 Å². The number of carbonyl (C=O) groups is 1. The Balaban J connectivity index is 1.77. The van der Waals surface area contributed by atoms with Gasteiger partial charge in [0.2, 0.25) is 0 Å². The van der Waals surface area contributed by atoms with Gasteiger partial charge in [-0.3, -0.25) is 4.79 Å². The van der Waals surface area contributed by atoms with Gasteiger partial charge in [0.25, 0.3) is 5.91 Å².